The standard InChI is InChI=1S/C17H33BNO3S/c1-12-11-13(18-22-16(5,6)17(7,8)23)9-10-19(12)14(20)21-15(2,3)4/h12-13,23H,9-11H2,1-8H3. The molecule has 1 aliphatic rings. The second kappa shape index (κ2) is 7.26. The number of rotatable bonds is 4. The summed E-state index contributed by atoms with van der Waals surface area (Å²) in [5.41, 5.74) is -0.799. The Balaban J connectivity index is 2.52. The van der Waals surface area contributed by atoms with Crippen molar-refractivity contribution >= 4 is 26.2 Å². The van der Waals surface area contributed by atoms with Crippen LogP contribution in [0.3, 0.4) is 0 Å². The van der Waals surface area contributed by atoms with Crippen LogP contribution in [0.25, 0.3) is 0 Å². The van der Waals surface area contributed by atoms with E-state index in [1.807, 2.05) is 33.2 Å². The van der Waals surface area contributed by atoms with Crippen LogP contribution in [0.1, 0.15) is 68.2 Å². The molecule has 4 nitrogen and oxygen atoms in total. The predicted molar refractivity (Wildman–Crippen MR) is 99.4 cm³/mol. The van der Waals surface area contributed by atoms with Crippen LogP contribution in [-0.2, 0) is 9.39 Å². The van der Waals surface area contributed by atoms with E-state index in [4.69, 9.17) is 9.39 Å². The highest BCUT2D eigenvalue weighted by Gasteiger charge is 2.37. The second-order valence-corrected chi connectivity index (χ2v) is 9.75. The Morgan fingerprint density at radius 3 is 2.17 bits per heavy atom. The highest BCUT2D eigenvalue weighted by atomic mass is 32.1. The average molecular weight is 342 g/mol. The molecule has 1 radical (unpaired) electrons. The van der Waals surface area contributed by atoms with E-state index < -0.39 is 5.60 Å². The molecule has 0 spiro atoms. The first-order chi connectivity index (χ1) is 10.2. The lowest BCUT2D eigenvalue weighted by molar-refractivity contribution is 0.0108. The molecule has 0 aliphatic carbocycles. The molecular weight excluding hydrogens is 309 g/mol. The topological polar surface area (TPSA) is 38.8 Å². The molecule has 1 rings (SSSR count). The van der Waals surface area contributed by atoms with Crippen molar-refractivity contribution in [3.05, 3.63) is 0 Å². The van der Waals surface area contributed by atoms with Gasteiger partial charge >= 0.3 is 6.09 Å². The molecule has 1 amide bonds. The van der Waals surface area contributed by atoms with E-state index in [-0.39, 0.29) is 22.5 Å². The molecule has 6 heteroatoms. The van der Waals surface area contributed by atoms with Crippen LogP contribution in [0.15, 0.2) is 0 Å². The summed E-state index contributed by atoms with van der Waals surface area (Å²) in [6, 6.07) is 0.149. The number of thiol groups is 1. The van der Waals surface area contributed by atoms with Gasteiger partial charge in [-0.3, -0.25) is 0 Å². The zero-order valence-electron chi connectivity index (χ0n) is 16.0. The van der Waals surface area contributed by atoms with Gasteiger partial charge in [0, 0.05) is 17.3 Å². The Bertz CT molecular complexity index is 415. The van der Waals surface area contributed by atoms with Gasteiger partial charge < -0.3 is 14.3 Å². The van der Waals surface area contributed by atoms with Gasteiger partial charge in [0.1, 0.15) is 5.60 Å². The maximum Gasteiger partial charge on any atom is 0.410 e. The van der Waals surface area contributed by atoms with E-state index in [2.05, 4.69) is 47.2 Å². The third kappa shape index (κ3) is 6.22. The Hall–Kier alpha value is -0.355. The summed E-state index contributed by atoms with van der Waals surface area (Å²) in [6.07, 6.45) is 1.57. The van der Waals surface area contributed by atoms with E-state index in [1.54, 1.807) is 0 Å². The van der Waals surface area contributed by atoms with Crippen LogP contribution in [0.2, 0.25) is 5.82 Å². The van der Waals surface area contributed by atoms with Crippen LogP contribution >= 0.6 is 12.6 Å². The number of hydrogen-bond acceptors (Lipinski definition) is 4. The summed E-state index contributed by atoms with van der Waals surface area (Å²) in [7, 11) is 1.95. The Labute approximate surface area is 148 Å². The molecule has 0 saturated carbocycles. The minimum absolute atomic E-state index is 0.149. The number of carbonyl (C=O) groups is 1. The van der Waals surface area contributed by atoms with Gasteiger partial charge in [-0.2, -0.15) is 12.6 Å². The molecule has 2 unspecified atom stereocenters. The molecule has 1 saturated heterocycles. The minimum atomic E-state index is -0.453. The maximum absolute atomic E-state index is 12.2. The number of nitrogens with zero attached hydrogens (tertiary/aromatic N) is 1. The first kappa shape index (κ1) is 20.7. The van der Waals surface area contributed by atoms with E-state index in [1.165, 1.54) is 0 Å². The molecule has 133 valence electrons. The van der Waals surface area contributed by atoms with Gasteiger partial charge in [0.25, 0.3) is 7.48 Å². The largest absolute Gasteiger partial charge is 0.444 e. The van der Waals surface area contributed by atoms with Crippen molar-refractivity contribution in [2.45, 2.75) is 96.0 Å². The summed E-state index contributed by atoms with van der Waals surface area (Å²) >= 11 is 4.62. The lowest BCUT2D eigenvalue weighted by atomic mass is 9.70. The summed E-state index contributed by atoms with van der Waals surface area (Å²) in [4.78, 5) is 14.1. The lowest BCUT2D eigenvalue weighted by Crippen LogP contribution is -2.48. The van der Waals surface area contributed by atoms with Crippen LogP contribution in [0.5, 0.6) is 0 Å². The summed E-state index contributed by atoms with van der Waals surface area (Å²) in [5, 5.41) is 0. The second-order valence-electron chi connectivity index (χ2n) is 8.63. The summed E-state index contributed by atoms with van der Waals surface area (Å²) < 4.78 is 11.3. The van der Waals surface area contributed by atoms with Crippen molar-refractivity contribution < 1.29 is 14.2 Å². The Morgan fingerprint density at radius 1 is 1.17 bits per heavy atom. The van der Waals surface area contributed by atoms with Gasteiger partial charge in [0.05, 0.1) is 5.60 Å². The summed E-state index contributed by atoms with van der Waals surface area (Å²) in [6.45, 7) is 16.7. The smallest absolute Gasteiger partial charge is 0.410 e. The van der Waals surface area contributed by atoms with Crippen molar-refractivity contribution in [2.24, 2.45) is 0 Å². The van der Waals surface area contributed by atoms with Gasteiger partial charge in [-0.15, -0.1) is 0 Å². The number of ether oxygens (including phenoxy) is 1. The minimum Gasteiger partial charge on any atom is -0.444 e. The Morgan fingerprint density at radius 2 is 1.74 bits per heavy atom. The molecule has 23 heavy (non-hydrogen) atoms. The molecule has 0 bridgehead atoms. The molecule has 1 heterocycles. The summed E-state index contributed by atoms with van der Waals surface area (Å²) in [5.74, 6) is 0.346. The molecule has 0 aromatic carbocycles. The third-order valence-electron chi connectivity index (χ3n) is 4.57. The molecule has 0 aromatic heterocycles. The van der Waals surface area contributed by atoms with Crippen molar-refractivity contribution in [1.82, 2.24) is 4.90 Å². The fraction of sp³-hybridized carbons (Fsp3) is 0.941. The van der Waals surface area contributed by atoms with Crippen molar-refractivity contribution in [3.63, 3.8) is 0 Å². The number of carbonyl (C=O) groups excluding carboxylic acids is 1. The Kier molecular flexibility index (Phi) is 6.53. The van der Waals surface area contributed by atoms with Gasteiger partial charge in [-0.1, -0.05) is 0 Å². The molecule has 1 aliphatic heterocycles. The van der Waals surface area contributed by atoms with Crippen LogP contribution in [0, 0.1) is 0 Å². The molecule has 0 aromatic rings. The van der Waals surface area contributed by atoms with Gasteiger partial charge in [0.2, 0.25) is 0 Å². The monoisotopic (exact) mass is 342 g/mol. The maximum atomic E-state index is 12.2. The predicted octanol–water partition coefficient (Wildman–Crippen LogP) is 4.32. The number of hydrogen-bond donors (Lipinski definition) is 1. The van der Waals surface area contributed by atoms with Crippen LogP contribution in [-0.4, -0.2) is 47.0 Å². The first-order valence-electron chi connectivity index (χ1n) is 8.46. The van der Waals surface area contributed by atoms with Gasteiger partial charge in [-0.25, -0.2) is 4.79 Å². The van der Waals surface area contributed by atoms with Crippen LogP contribution in [0.4, 0.5) is 4.79 Å². The highest BCUT2D eigenvalue weighted by Crippen LogP contribution is 2.34. The molecular formula is C17H33BNO3S. The fourth-order valence-electron chi connectivity index (χ4n) is 2.33. The zero-order valence-corrected chi connectivity index (χ0v) is 16.9. The first-order valence-corrected chi connectivity index (χ1v) is 8.91. The lowest BCUT2D eigenvalue weighted by Gasteiger charge is -2.41. The molecule has 2 atom stereocenters. The van der Waals surface area contributed by atoms with Gasteiger partial charge in [-0.05, 0) is 74.0 Å². The SMILES string of the molecule is CC1CC([B]OC(C)(C)C(C)(C)S)CCN1C(=O)OC(C)(C)C. The van der Waals surface area contributed by atoms with E-state index >= 15 is 0 Å². The van der Waals surface area contributed by atoms with Crippen molar-refractivity contribution in [2.75, 3.05) is 6.54 Å². The molecule has 1 fully saturated rings. The quantitative estimate of drug-likeness (QED) is 0.611. The van der Waals surface area contributed by atoms with E-state index in [0.29, 0.717) is 12.4 Å². The van der Waals surface area contributed by atoms with E-state index in [9.17, 15) is 4.79 Å². The van der Waals surface area contributed by atoms with E-state index in [0.717, 1.165) is 12.8 Å². The van der Waals surface area contributed by atoms with Crippen molar-refractivity contribution in [3.8, 4) is 0 Å². The molecule has 0 N–H and O–H groups in total. The normalized spacial score (nSPS) is 23.6. The van der Waals surface area contributed by atoms with Crippen LogP contribution < -0.4 is 0 Å². The number of amides is 1. The zero-order chi connectivity index (χ0) is 18.1. The fourth-order valence-corrected chi connectivity index (χ4v) is 2.39. The number of likely N-dealkylation sites (tertiary alicyclic amines) is 1. The third-order valence-corrected chi connectivity index (χ3v) is 5.11. The average Bonchev–Trinajstić information content (AvgIpc) is 2.32. The highest BCUT2D eigenvalue weighted by molar-refractivity contribution is 7.81. The number of piperidine rings is 1. The van der Waals surface area contributed by atoms with Crippen molar-refractivity contribution in [1.29, 1.82) is 0 Å². The van der Waals surface area contributed by atoms with Gasteiger partial charge in [0.15, 0.2) is 0 Å².